The van der Waals surface area contributed by atoms with E-state index >= 15 is 0 Å². The Hall–Kier alpha value is -2.09. The van der Waals surface area contributed by atoms with Crippen molar-refractivity contribution in [3.05, 3.63) is 17.5 Å². The van der Waals surface area contributed by atoms with Gasteiger partial charge in [0.05, 0.1) is 25.5 Å². The summed E-state index contributed by atoms with van der Waals surface area (Å²) in [5, 5.41) is 16.0. The van der Waals surface area contributed by atoms with Gasteiger partial charge in [-0.3, -0.25) is 9.48 Å². The molecule has 2 atom stereocenters. The predicted molar refractivity (Wildman–Crippen MR) is 73.7 cm³/mol. The number of aryl methyl sites for hydroxylation is 1. The second-order valence-electron chi connectivity index (χ2n) is 5.20. The summed E-state index contributed by atoms with van der Waals surface area (Å²) >= 11 is 0. The van der Waals surface area contributed by atoms with E-state index in [0.29, 0.717) is 6.54 Å². The Morgan fingerprint density at radius 3 is 2.86 bits per heavy atom. The first-order chi connectivity index (χ1) is 9.91. The van der Waals surface area contributed by atoms with Crippen LogP contribution in [-0.2, 0) is 23.1 Å². The summed E-state index contributed by atoms with van der Waals surface area (Å²) in [5.74, 6) is -1.62. The normalized spacial score (nSPS) is 21.3. The quantitative estimate of drug-likeness (QED) is 0.813. The number of aliphatic carboxylic acids is 1. The van der Waals surface area contributed by atoms with E-state index in [1.54, 1.807) is 17.9 Å². The zero-order valence-electron chi connectivity index (χ0n) is 12.4. The second-order valence-corrected chi connectivity index (χ2v) is 5.20. The third-order valence-electron chi connectivity index (χ3n) is 3.95. The van der Waals surface area contributed by atoms with Crippen LogP contribution in [0, 0.1) is 12.8 Å². The molecule has 8 nitrogen and oxygen atoms in total. The third kappa shape index (κ3) is 3.15. The zero-order chi connectivity index (χ0) is 15.6. The van der Waals surface area contributed by atoms with Gasteiger partial charge in [0.15, 0.2) is 0 Å². The average Bonchev–Trinajstić information content (AvgIpc) is 3.05. The van der Waals surface area contributed by atoms with Crippen LogP contribution in [-0.4, -0.2) is 58.1 Å². The van der Waals surface area contributed by atoms with Crippen molar-refractivity contribution in [3.63, 3.8) is 0 Å². The molecule has 0 spiro atoms. The van der Waals surface area contributed by atoms with Gasteiger partial charge in [0.1, 0.15) is 5.92 Å². The van der Waals surface area contributed by atoms with Crippen LogP contribution in [0.1, 0.15) is 11.3 Å². The minimum Gasteiger partial charge on any atom is -0.481 e. The number of hydrogen-bond donors (Lipinski definition) is 2. The van der Waals surface area contributed by atoms with E-state index in [0.717, 1.165) is 11.3 Å². The van der Waals surface area contributed by atoms with Gasteiger partial charge in [-0.05, 0) is 6.92 Å². The molecule has 2 rings (SSSR count). The van der Waals surface area contributed by atoms with E-state index in [2.05, 4.69) is 10.4 Å². The number of amides is 2. The lowest BCUT2D eigenvalue weighted by molar-refractivity contribution is -0.142. The Morgan fingerprint density at radius 2 is 2.29 bits per heavy atom. The summed E-state index contributed by atoms with van der Waals surface area (Å²) in [5.41, 5.74) is 1.90. The molecule has 2 heterocycles. The van der Waals surface area contributed by atoms with Crippen molar-refractivity contribution in [2.24, 2.45) is 13.0 Å². The highest BCUT2D eigenvalue weighted by Gasteiger charge is 2.38. The Labute approximate surface area is 122 Å². The summed E-state index contributed by atoms with van der Waals surface area (Å²) in [6.45, 7) is 2.66. The van der Waals surface area contributed by atoms with Crippen molar-refractivity contribution in [2.75, 3.05) is 20.3 Å². The SMILES string of the molecule is Cc1c(CNC(=O)N(C)C2COCC2C(=O)O)cnn1C. The Kier molecular flexibility index (Phi) is 4.46. The lowest BCUT2D eigenvalue weighted by atomic mass is 10.0. The highest BCUT2D eigenvalue weighted by molar-refractivity contribution is 5.77. The number of nitrogens with zero attached hydrogens (tertiary/aromatic N) is 3. The van der Waals surface area contributed by atoms with Gasteiger partial charge < -0.3 is 20.1 Å². The van der Waals surface area contributed by atoms with E-state index in [-0.39, 0.29) is 19.2 Å². The first-order valence-corrected chi connectivity index (χ1v) is 6.70. The summed E-state index contributed by atoms with van der Waals surface area (Å²) in [6.07, 6.45) is 1.70. The minimum absolute atomic E-state index is 0.138. The molecule has 2 N–H and O–H groups in total. The van der Waals surface area contributed by atoms with Crippen molar-refractivity contribution in [1.82, 2.24) is 20.0 Å². The van der Waals surface area contributed by atoms with Crippen molar-refractivity contribution >= 4 is 12.0 Å². The summed E-state index contributed by atoms with van der Waals surface area (Å²) in [7, 11) is 3.42. The number of ether oxygens (including phenoxy) is 1. The molecule has 1 aromatic rings. The molecule has 1 fully saturated rings. The fraction of sp³-hybridized carbons (Fsp3) is 0.615. The standard InChI is InChI=1S/C13H20N4O4/c1-8-9(5-15-17(8)3)4-14-13(20)16(2)11-7-21-6-10(11)12(18)19/h5,10-11H,4,6-7H2,1-3H3,(H,14,20)(H,18,19). The average molecular weight is 296 g/mol. The van der Waals surface area contributed by atoms with E-state index in [1.165, 1.54) is 4.90 Å². The van der Waals surface area contributed by atoms with Gasteiger partial charge in [0, 0.05) is 31.9 Å². The number of likely N-dealkylation sites (N-methyl/N-ethyl adjacent to an activating group) is 1. The van der Waals surface area contributed by atoms with Gasteiger partial charge in [-0.15, -0.1) is 0 Å². The second kappa shape index (κ2) is 6.13. The first kappa shape index (κ1) is 15.3. The number of hydrogen-bond acceptors (Lipinski definition) is 4. The maximum atomic E-state index is 12.1. The van der Waals surface area contributed by atoms with Crippen LogP contribution in [0.3, 0.4) is 0 Å². The van der Waals surface area contributed by atoms with Crippen LogP contribution in [0.4, 0.5) is 4.79 Å². The fourth-order valence-electron chi connectivity index (χ4n) is 2.32. The van der Waals surface area contributed by atoms with E-state index in [1.807, 2.05) is 14.0 Å². The van der Waals surface area contributed by atoms with Gasteiger partial charge >= 0.3 is 12.0 Å². The number of carbonyl (C=O) groups is 2. The lowest BCUT2D eigenvalue weighted by Crippen LogP contribution is -2.48. The van der Waals surface area contributed by atoms with Gasteiger partial charge in [-0.25, -0.2) is 4.79 Å². The van der Waals surface area contributed by atoms with Crippen LogP contribution in [0.25, 0.3) is 0 Å². The molecule has 2 amide bonds. The van der Waals surface area contributed by atoms with E-state index in [9.17, 15) is 9.59 Å². The van der Waals surface area contributed by atoms with Crippen LogP contribution >= 0.6 is 0 Å². The molecule has 116 valence electrons. The van der Waals surface area contributed by atoms with Crippen LogP contribution in [0.15, 0.2) is 6.20 Å². The van der Waals surface area contributed by atoms with Gasteiger partial charge in [0.2, 0.25) is 0 Å². The topological polar surface area (TPSA) is 96.7 Å². The third-order valence-corrected chi connectivity index (χ3v) is 3.95. The molecule has 21 heavy (non-hydrogen) atoms. The molecule has 0 saturated carbocycles. The number of nitrogens with one attached hydrogen (secondary N) is 1. The molecular formula is C13H20N4O4. The zero-order valence-corrected chi connectivity index (χ0v) is 12.4. The number of carboxylic acid groups (broad SMARTS) is 1. The molecule has 0 aliphatic carbocycles. The molecule has 0 bridgehead atoms. The minimum atomic E-state index is -0.944. The smallest absolute Gasteiger partial charge is 0.317 e. The first-order valence-electron chi connectivity index (χ1n) is 6.70. The molecular weight excluding hydrogens is 276 g/mol. The molecule has 8 heteroatoms. The fourth-order valence-corrected chi connectivity index (χ4v) is 2.32. The van der Waals surface area contributed by atoms with Gasteiger partial charge in [-0.2, -0.15) is 5.10 Å². The Balaban J connectivity index is 1.93. The van der Waals surface area contributed by atoms with Crippen molar-refractivity contribution in [2.45, 2.75) is 19.5 Å². The predicted octanol–water partition coefficient (Wildman–Crippen LogP) is -0.0305. The van der Waals surface area contributed by atoms with Crippen molar-refractivity contribution in [1.29, 1.82) is 0 Å². The van der Waals surface area contributed by atoms with Crippen molar-refractivity contribution in [3.8, 4) is 0 Å². The largest absolute Gasteiger partial charge is 0.481 e. The molecule has 2 unspecified atom stereocenters. The highest BCUT2D eigenvalue weighted by atomic mass is 16.5. The molecule has 1 saturated heterocycles. The Morgan fingerprint density at radius 1 is 1.57 bits per heavy atom. The maximum absolute atomic E-state index is 12.1. The number of carbonyl (C=O) groups excluding carboxylic acids is 1. The van der Waals surface area contributed by atoms with Crippen LogP contribution in [0.5, 0.6) is 0 Å². The molecule has 1 aliphatic heterocycles. The van der Waals surface area contributed by atoms with E-state index < -0.39 is 17.9 Å². The number of aromatic nitrogens is 2. The van der Waals surface area contributed by atoms with Crippen LogP contribution in [0.2, 0.25) is 0 Å². The highest BCUT2D eigenvalue weighted by Crippen LogP contribution is 2.19. The van der Waals surface area contributed by atoms with Gasteiger partial charge in [-0.1, -0.05) is 0 Å². The Bertz CT molecular complexity index is 542. The molecule has 1 aliphatic rings. The maximum Gasteiger partial charge on any atom is 0.317 e. The summed E-state index contributed by atoms with van der Waals surface area (Å²) in [6, 6.07) is -0.766. The van der Waals surface area contributed by atoms with Crippen LogP contribution < -0.4 is 5.32 Å². The molecule has 1 aromatic heterocycles. The summed E-state index contributed by atoms with van der Waals surface area (Å²) in [4.78, 5) is 24.6. The molecule has 0 aromatic carbocycles. The number of urea groups is 1. The summed E-state index contributed by atoms with van der Waals surface area (Å²) < 4.78 is 6.90. The monoisotopic (exact) mass is 296 g/mol. The van der Waals surface area contributed by atoms with Crippen molar-refractivity contribution < 1.29 is 19.4 Å². The number of rotatable bonds is 4. The van der Waals surface area contributed by atoms with E-state index in [4.69, 9.17) is 9.84 Å². The lowest BCUT2D eigenvalue weighted by Gasteiger charge is -2.26. The number of carboxylic acids is 1. The molecule has 0 radical (unpaired) electrons. The van der Waals surface area contributed by atoms with Gasteiger partial charge in [0.25, 0.3) is 0 Å².